The number of hydrogen-bond donors (Lipinski definition) is 0. The summed E-state index contributed by atoms with van der Waals surface area (Å²) in [5, 5.41) is 0. The molecule has 2 aromatic carbocycles. The zero-order valence-corrected chi connectivity index (χ0v) is 16.7. The average Bonchev–Trinajstić information content (AvgIpc) is 2.71. The molecule has 1 unspecified atom stereocenters. The van der Waals surface area contributed by atoms with Crippen LogP contribution in [0.2, 0.25) is 0 Å². The Labute approximate surface area is 166 Å². The van der Waals surface area contributed by atoms with Crippen LogP contribution in [0, 0.1) is 11.8 Å². The van der Waals surface area contributed by atoms with Gasteiger partial charge in [-0.15, -0.1) is 0 Å². The molecule has 0 saturated heterocycles. The van der Waals surface area contributed by atoms with Crippen LogP contribution in [-0.4, -0.2) is 32.6 Å². The van der Waals surface area contributed by atoms with E-state index < -0.39 is 5.97 Å². The molecule has 0 fully saturated rings. The number of hydrogen-bond acceptors (Lipinski definition) is 5. The van der Waals surface area contributed by atoms with E-state index in [0.717, 1.165) is 18.3 Å². The zero-order valence-electron chi connectivity index (χ0n) is 16.7. The van der Waals surface area contributed by atoms with Gasteiger partial charge in [0.05, 0.1) is 12.2 Å². The number of carbonyl (C=O) groups excluding carboxylic acids is 2. The number of ether oxygens (including phenoxy) is 3. The Hall–Kier alpha value is -2.66. The summed E-state index contributed by atoms with van der Waals surface area (Å²) in [6.45, 7) is 5.07. The molecule has 0 amide bonds. The van der Waals surface area contributed by atoms with E-state index in [9.17, 15) is 9.59 Å². The monoisotopic (exact) mass is 384 g/mol. The van der Waals surface area contributed by atoms with E-state index in [4.69, 9.17) is 14.2 Å². The highest BCUT2D eigenvalue weighted by molar-refractivity contribution is 5.91. The van der Waals surface area contributed by atoms with Crippen LogP contribution in [0.4, 0.5) is 0 Å². The molecular weight excluding hydrogens is 356 g/mol. The Morgan fingerprint density at radius 2 is 1.79 bits per heavy atom. The summed E-state index contributed by atoms with van der Waals surface area (Å²) in [7, 11) is 1.64. The molecule has 0 aromatic heterocycles. The lowest BCUT2D eigenvalue weighted by Gasteiger charge is -2.17. The fraction of sp³-hybridized carbons (Fsp3) is 0.391. The average molecular weight is 384 g/mol. The van der Waals surface area contributed by atoms with Gasteiger partial charge < -0.3 is 19.0 Å². The van der Waals surface area contributed by atoms with Crippen molar-refractivity contribution in [2.24, 2.45) is 11.8 Å². The predicted octanol–water partition coefficient (Wildman–Crippen LogP) is 4.33. The maximum absolute atomic E-state index is 12.4. The molecule has 0 N–H and O–H groups in total. The molecule has 28 heavy (non-hydrogen) atoms. The molecule has 0 aliphatic rings. The van der Waals surface area contributed by atoms with Gasteiger partial charge in [-0.3, -0.25) is 0 Å². The number of esters is 1. The molecular formula is C23H28O5. The highest BCUT2D eigenvalue weighted by Crippen LogP contribution is 2.31. The van der Waals surface area contributed by atoms with E-state index in [1.54, 1.807) is 37.4 Å². The third-order valence-electron chi connectivity index (χ3n) is 4.47. The van der Waals surface area contributed by atoms with E-state index >= 15 is 0 Å². The lowest BCUT2D eigenvalue weighted by atomic mass is 9.90. The first kappa shape index (κ1) is 21.6. The number of methoxy groups -OCH3 is 1. The summed E-state index contributed by atoms with van der Waals surface area (Å²) in [5.41, 5.74) is 1.43. The Kier molecular flexibility index (Phi) is 8.69. The van der Waals surface area contributed by atoms with Crippen LogP contribution >= 0.6 is 0 Å². The molecule has 0 heterocycles. The van der Waals surface area contributed by atoms with Gasteiger partial charge in [0.2, 0.25) is 0 Å². The van der Waals surface area contributed by atoms with Crippen molar-refractivity contribution in [3.8, 4) is 11.5 Å². The van der Waals surface area contributed by atoms with E-state index in [1.165, 1.54) is 0 Å². The Bertz CT molecular complexity index is 755. The second-order valence-corrected chi connectivity index (χ2v) is 6.98. The van der Waals surface area contributed by atoms with Gasteiger partial charge in [-0.25, -0.2) is 4.79 Å². The third-order valence-corrected chi connectivity index (χ3v) is 4.47. The highest BCUT2D eigenvalue weighted by atomic mass is 16.6. The van der Waals surface area contributed by atoms with Gasteiger partial charge in [-0.2, -0.15) is 0 Å². The molecule has 2 rings (SSSR count). The van der Waals surface area contributed by atoms with Crippen molar-refractivity contribution in [3.05, 3.63) is 59.7 Å². The van der Waals surface area contributed by atoms with E-state index in [1.807, 2.05) is 32.0 Å². The van der Waals surface area contributed by atoms with Gasteiger partial charge in [-0.1, -0.05) is 38.1 Å². The van der Waals surface area contributed by atoms with Gasteiger partial charge in [-0.05, 0) is 42.2 Å². The molecule has 0 saturated carbocycles. The van der Waals surface area contributed by atoms with Crippen LogP contribution in [-0.2, 0) is 16.0 Å². The normalized spacial score (nSPS) is 11.9. The zero-order chi connectivity index (χ0) is 20.4. The van der Waals surface area contributed by atoms with Gasteiger partial charge >= 0.3 is 5.97 Å². The number of benzene rings is 2. The van der Waals surface area contributed by atoms with Crippen LogP contribution in [0.3, 0.4) is 0 Å². The van der Waals surface area contributed by atoms with Crippen LogP contribution in [0.25, 0.3) is 0 Å². The van der Waals surface area contributed by atoms with Crippen LogP contribution in [0.5, 0.6) is 11.5 Å². The molecule has 1 atom stereocenters. The van der Waals surface area contributed by atoms with Crippen LogP contribution < -0.4 is 9.47 Å². The standard InChI is InChI=1S/C23H28O5/c1-17(2)20(16-24)14-18-10-11-21(22(15-18)27-13-7-12-26-3)28-23(25)19-8-5-4-6-9-19/h4-6,8-11,15-17,20H,7,12-14H2,1-3H3. The summed E-state index contributed by atoms with van der Waals surface area (Å²) >= 11 is 0. The fourth-order valence-corrected chi connectivity index (χ4v) is 2.71. The van der Waals surface area contributed by atoms with E-state index in [2.05, 4.69) is 0 Å². The van der Waals surface area contributed by atoms with E-state index in [0.29, 0.717) is 36.7 Å². The summed E-state index contributed by atoms with van der Waals surface area (Å²) < 4.78 is 16.4. The Morgan fingerprint density at radius 3 is 2.43 bits per heavy atom. The molecule has 5 nitrogen and oxygen atoms in total. The van der Waals surface area contributed by atoms with Crippen molar-refractivity contribution < 1.29 is 23.8 Å². The number of carbonyl (C=O) groups is 2. The molecule has 0 aliphatic heterocycles. The molecule has 0 bridgehead atoms. The first-order valence-corrected chi connectivity index (χ1v) is 9.52. The quantitative estimate of drug-likeness (QED) is 0.250. The van der Waals surface area contributed by atoms with Crippen molar-refractivity contribution in [1.29, 1.82) is 0 Å². The molecule has 150 valence electrons. The van der Waals surface area contributed by atoms with Crippen molar-refractivity contribution in [2.75, 3.05) is 20.3 Å². The van der Waals surface area contributed by atoms with E-state index in [-0.39, 0.29) is 11.8 Å². The lowest BCUT2D eigenvalue weighted by molar-refractivity contribution is -0.112. The molecule has 0 radical (unpaired) electrons. The molecule has 0 spiro atoms. The Morgan fingerprint density at radius 1 is 1.04 bits per heavy atom. The van der Waals surface area contributed by atoms with Gasteiger partial charge in [0, 0.05) is 26.1 Å². The summed E-state index contributed by atoms with van der Waals surface area (Å²) in [5.74, 6) is 0.592. The first-order chi connectivity index (χ1) is 13.5. The van der Waals surface area contributed by atoms with Crippen molar-refractivity contribution in [2.45, 2.75) is 26.7 Å². The molecule has 5 heteroatoms. The first-order valence-electron chi connectivity index (χ1n) is 9.52. The number of rotatable bonds is 11. The Balaban J connectivity index is 2.19. The smallest absolute Gasteiger partial charge is 0.343 e. The van der Waals surface area contributed by atoms with Gasteiger partial charge in [0.1, 0.15) is 6.29 Å². The minimum Gasteiger partial charge on any atom is -0.490 e. The minimum atomic E-state index is -0.442. The van der Waals surface area contributed by atoms with Crippen LogP contribution in [0.1, 0.15) is 36.2 Å². The van der Waals surface area contributed by atoms with Crippen LogP contribution in [0.15, 0.2) is 48.5 Å². The van der Waals surface area contributed by atoms with Gasteiger partial charge in [0.15, 0.2) is 11.5 Å². The molecule has 0 aliphatic carbocycles. The topological polar surface area (TPSA) is 61.8 Å². The maximum Gasteiger partial charge on any atom is 0.343 e. The van der Waals surface area contributed by atoms with Crippen molar-refractivity contribution in [3.63, 3.8) is 0 Å². The predicted molar refractivity (Wildman–Crippen MR) is 108 cm³/mol. The van der Waals surface area contributed by atoms with Crippen molar-refractivity contribution in [1.82, 2.24) is 0 Å². The third kappa shape index (κ3) is 6.50. The van der Waals surface area contributed by atoms with Gasteiger partial charge in [0.25, 0.3) is 0 Å². The number of aldehydes is 1. The fourth-order valence-electron chi connectivity index (χ4n) is 2.71. The van der Waals surface area contributed by atoms with Crippen molar-refractivity contribution >= 4 is 12.3 Å². The SMILES string of the molecule is COCCCOc1cc(CC(C=O)C(C)C)ccc1OC(=O)c1ccccc1. The summed E-state index contributed by atoms with van der Waals surface area (Å²) in [4.78, 5) is 23.7. The maximum atomic E-state index is 12.4. The summed E-state index contributed by atoms with van der Waals surface area (Å²) in [6.07, 6.45) is 2.32. The summed E-state index contributed by atoms with van der Waals surface area (Å²) in [6, 6.07) is 14.3. The second kappa shape index (κ2) is 11.2. The molecule has 2 aromatic rings. The lowest BCUT2D eigenvalue weighted by Crippen LogP contribution is -2.14. The minimum absolute atomic E-state index is 0.0703. The largest absolute Gasteiger partial charge is 0.490 e. The highest BCUT2D eigenvalue weighted by Gasteiger charge is 2.17. The second-order valence-electron chi connectivity index (χ2n) is 6.98.